The lowest BCUT2D eigenvalue weighted by atomic mass is 10.1. The average Bonchev–Trinajstić information content (AvgIpc) is 2.08. The van der Waals surface area contributed by atoms with Crippen LogP contribution in [0.15, 0.2) is 22.7 Å². The minimum Gasteiger partial charge on any atom is -0.507 e. The summed E-state index contributed by atoms with van der Waals surface area (Å²) < 4.78 is 24.6. The quantitative estimate of drug-likeness (QED) is 0.848. The molecule has 0 heterocycles. The summed E-state index contributed by atoms with van der Waals surface area (Å²) in [6, 6.07) is 2.77. The number of phenols is 1. The summed E-state index contributed by atoms with van der Waals surface area (Å²) in [4.78, 5) is 0. The largest absolute Gasteiger partial charge is 0.507 e. The van der Waals surface area contributed by atoms with Crippen LogP contribution in [-0.4, -0.2) is 11.5 Å². The van der Waals surface area contributed by atoms with Crippen molar-refractivity contribution in [2.75, 3.05) is 0 Å². The fourth-order valence-electron chi connectivity index (χ4n) is 0.876. The molecule has 3 N–H and O–H groups in total. The van der Waals surface area contributed by atoms with Gasteiger partial charge in [0.1, 0.15) is 5.75 Å². The standard InChI is InChI=1S/C8H8BrF2NO/c9-5-3-4(1-2-6(5)13)7(12)8(10)11/h1-3,7-8,13H,12H2. The van der Waals surface area contributed by atoms with Crippen molar-refractivity contribution in [3.05, 3.63) is 28.2 Å². The molecular weight excluding hydrogens is 244 g/mol. The molecule has 0 fully saturated rings. The van der Waals surface area contributed by atoms with Crippen LogP contribution in [0.4, 0.5) is 8.78 Å². The predicted molar refractivity (Wildman–Crippen MR) is 48.7 cm³/mol. The smallest absolute Gasteiger partial charge is 0.257 e. The molecule has 1 rings (SSSR count). The number of benzene rings is 1. The highest BCUT2D eigenvalue weighted by atomic mass is 79.9. The summed E-state index contributed by atoms with van der Waals surface area (Å²) in [6.45, 7) is 0. The Kier molecular flexibility index (Phi) is 3.22. The zero-order valence-electron chi connectivity index (χ0n) is 6.55. The van der Waals surface area contributed by atoms with Crippen LogP contribution in [-0.2, 0) is 0 Å². The molecule has 0 amide bonds. The molecule has 1 unspecified atom stereocenters. The number of hydrogen-bond donors (Lipinski definition) is 2. The maximum Gasteiger partial charge on any atom is 0.257 e. The van der Waals surface area contributed by atoms with Crippen molar-refractivity contribution in [3.8, 4) is 5.75 Å². The van der Waals surface area contributed by atoms with Crippen LogP contribution in [0.25, 0.3) is 0 Å². The maximum atomic E-state index is 12.1. The van der Waals surface area contributed by atoms with Crippen molar-refractivity contribution in [3.63, 3.8) is 0 Å². The Bertz CT molecular complexity index is 306. The fraction of sp³-hybridized carbons (Fsp3) is 0.250. The molecule has 13 heavy (non-hydrogen) atoms. The number of rotatable bonds is 2. The van der Waals surface area contributed by atoms with E-state index in [9.17, 15) is 8.78 Å². The minimum absolute atomic E-state index is 0.00483. The van der Waals surface area contributed by atoms with Crippen molar-refractivity contribution in [1.29, 1.82) is 0 Å². The van der Waals surface area contributed by atoms with Gasteiger partial charge in [-0.25, -0.2) is 8.78 Å². The highest BCUT2D eigenvalue weighted by molar-refractivity contribution is 9.10. The Labute approximate surface area is 82.5 Å². The van der Waals surface area contributed by atoms with E-state index in [-0.39, 0.29) is 5.75 Å². The molecule has 0 aromatic heterocycles. The number of alkyl halides is 2. The number of aromatic hydroxyl groups is 1. The van der Waals surface area contributed by atoms with Crippen LogP contribution in [0, 0.1) is 0 Å². The number of halogens is 3. The van der Waals surface area contributed by atoms with Gasteiger partial charge in [-0.1, -0.05) is 6.07 Å². The van der Waals surface area contributed by atoms with Gasteiger partial charge in [-0.15, -0.1) is 0 Å². The molecule has 0 saturated carbocycles. The van der Waals surface area contributed by atoms with Gasteiger partial charge in [-0.2, -0.15) is 0 Å². The van der Waals surface area contributed by atoms with Crippen molar-refractivity contribution < 1.29 is 13.9 Å². The van der Waals surface area contributed by atoms with Crippen molar-refractivity contribution in [2.24, 2.45) is 5.73 Å². The topological polar surface area (TPSA) is 46.2 Å². The molecule has 0 spiro atoms. The molecule has 0 aliphatic heterocycles. The normalized spacial score (nSPS) is 13.3. The zero-order valence-corrected chi connectivity index (χ0v) is 8.13. The first kappa shape index (κ1) is 10.4. The predicted octanol–water partition coefficient (Wildman–Crippen LogP) is 2.42. The Hall–Kier alpha value is -0.680. The Morgan fingerprint density at radius 1 is 1.38 bits per heavy atom. The van der Waals surface area contributed by atoms with Gasteiger partial charge in [0.05, 0.1) is 10.5 Å². The Balaban J connectivity index is 2.97. The molecule has 1 aromatic rings. The van der Waals surface area contributed by atoms with Crippen molar-refractivity contribution >= 4 is 15.9 Å². The van der Waals surface area contributed by atoms with Gasteiger partial charge in [0.15, 0.2) is 0 Å². The lowest BCUT2D eigenvalue weighted by Crippen LogP contribution is -2.18. The van der Waals surface area contributed by atoms with Gasteiger partial charge < -0.3 is 10.8 Å². The van der Waals surface area contributed by atoms with Crippen LogP contribution < -0.4 is 5.73 Å². The van der Waals surface area contributed by atoms with Gasteiger partial charge in [-0.05, 0) is 33.6 Å². The summed E-state index contributed by atoms with van der Waals surface area (Å²) >= 11 is 3.01. The molecule has 0 radical (unpaired) electrons. The van der Waals surface area contributed by atoms with E-state index in [0.717, 1.165) is 0 Å². The maximum absolute atomic E-state index is 12.1. The molecule has 0 bridgehead atoms. The van der Waals surface area contributed by atoms with Gasteiger partial charge in [0.2, 0.25) is 0 Å². The number of hydrogen-bond acceptors (Lipinski definition) is 2. The van der Waals surface area contributed by atoms with Gasteiger partial charge in [0, 0.05) is 0 Å². The first-order valence-electron chi connectivity index (χ1n) is 3.54. The monoisotopic (exact) mass is 251 g/mol. The second kappa shape index (κ2) is 4.02. The lowest BCUT2D eigenvalue weighted by Gasteiger charge is -2.11. The summed E-state index contributed by atoms with van der Waals surface area (Å²) in [5, 5.41) is 9.09. The number of nitrogens with two attached hydrogens (primary N) is 1. The molecule has 0 saturated heterocycles. The summed E-state index contributed by atoms with van der Waals surface area (Å²) in [6.07, 6.45) is -2.60. The van der Waals surface area contributed by atoms with E-state index in [1.807, 2.05) is 0 Å². The zero-order chi connectivity index (χ0) is 10.0. The lowest BCUT2D eigenvalue weighted by molar-refractivity contribution is 0.116. The van der Waals surface area contributed by atoms with Gasteiger partial charge >= 0.3 is 0 Å². The molecule has 5 heteroatoms. The molecule has 0 aliphatic carbocycles. The van der Waals surface area contributed by atoms with E-state index >= 15 is 0 Å². The van der Waals surface area contributed by atoms with E-state index in [1.165, 1.54) is 18.2 Å². The fourth-order valence-corrected chi connectivity index (χ4v) is 1.27. The van der Waals surface area contributed by atoms with Crippen LogP contribution in [0.2, 0.25) is 0 Å². The second-order valence-corrected chi connectivity index (χ2v) is 3.43. The second-order valence-electron chi connectivity index (χ2n) is 2.57. The van der Waals surface area contributed by atoms with E-state index in [4.69, 9.17) is 10.8 Å². The molecular formula is C8H8BrF2NO. The van der Waals surface area contributed by atoms with Crippen LogP contribution in [0.5, 0.6) is 5.75 Å². The summed E-state index contributed by atoms with van der Waals surface area (Å²) in [5.74, 6) is 0.00483. The Morgan fingerprint density at radius 3 is 2.46 bits per heavy atom. The van der Waals surface area contributed by atoms with Gasteiger partial charge in [0.25, 0.3) is 6.43 Å². The molecule has 1 aromatic carbocycles. The molecule has 2 nitrogen and oxygen atoms in total. The van der Waals surface area contributed by atoms with Crippen LogP contribution in [0.3, 0.4) is 0 Å². The summed E-state index contributed by atoms with van der Waals surface area (Å²) in [7, 11) is 0. The van der Waals surface area contributed by atoms with E-state index in [0.29, 0.717) is 10.0 Å². The third-order valence-electron chi connectivity index (χ3n) is 1.63. The van der Waals surface area contributed by atoms with Gasteiger partial charge in [-0.3, -0.25) is 0 Å². The SMILES string of the molecule is NC(c1ccc(O)c(Br)c1)C(F)F. The molecule has 72 valence electrons. The first-order chi connectivity index (χ1) is 6.02. The van der Waals surface area contributed by atoms with Crippen LogP contribution in [0.1, 0.15) is 11.6 Å². The molecule has 0 aliphatic rings. The van der Waals surface area contributed by atoms with E-state index in [1.54, 1.807) is 0 Å². The van der Waals surface area contributed by atoms with Crippen molar-refractivity contribution in [2.45, 2.75) is 12.5 Å². The van der Waals surface area contributed by atoms with Crippen molar-refractivity contribution in [1.82, 2.24) is 0 Å². The third kappa shape index (κ3) is 2.38. The molecule has 1 atom stereocenters. The van der Waals surface area contributed by atoms with E-state index in [2.05, 4.69) is 15.9 Å². The minimum atomic E-state index is -2.60. The van der Waals surface area contributed by atoms with E-state index < -0.39 is 12.5 Å². The third-order valence-corrected chi connectivity index (χ3v) is 2.26. The van der Waals surface area contributed by atoms with Crippen LogP contribution >= 0.6 is 15.9 Å². The Morgan fingerprint density at radius 2 is 2.00 bits per heavy atom. The highest BCUT2D eigenvalue weighted by Gasteiger charge is 2.17. The summed E-state index contributed by atoms with van der Waals surface area (Å²) in [5.41, 5.74) is 5.50. The number of phenolic OH excluding ortho intramolecular Hbond substituents is 1. The highest BCUT2D eigenvalue weighted by Crippen LogP contribution is 2.28. The average molecular weight is 252 g/mol. The first-order valence-corrected chi connectivity index (χ1v) is 4.34.